The van der Waals surface area contributed by atoms with E-state index in [0.29, 0.717) is 23.9 Å². The summed E-state index contributed by atoms with van der Waals surface area (Å²) >= 11 is 0. The molecular weight excluding hydrogens is 210 g/mol. The Morgan fingerprint density at radius 2 is 2.50 bits per heavy atom. The molecule has 0 aliphatic rings. The van der Waals surface area contributed by atoms with E-state index < -0.39 is 0 Å². The molecule has 0 fully saturated rings. The molecule has 7 heteroatoms. The Kier molecular flexibility index (Phi) is 2.86. The minimum absolute atomic E-state index is 0.314. The Morgan fingerprint density at radius 3 is 3.12 bits per heavy atom. The third-order valence-electron chi connectivity index (χ3n) is 1.84. The zero-order valence-corrected chi connectivity index (χ0v) is 8.65. The molecule has 0 aliphatic heterocycles. The van der Waals surface area contributed by atoms with Gasteiger partial charge in [-0.2, -0.15) is 0 Å². The van der Waals surface area contributed by atoms with Crippen LogP contribution in [0.1, 0.15) is 11.5 Å². The van der Waals surface area contributed by atoms with Crippen LogP contribution >= 0.6 is 0 Å². The number of H-pyrrole nitrogens is 1. The number of nitrogens with one attached hydrogen (secondary N) is 3. The van der Waals surface area contributed by atoms with Crippen LogP contribution in [0, 0.1) is 6.92 Å². The first kappa shape index (κ1) is 10.2. The van der Waals surface area contributed by atoms with Crippen molar-refractivity contribution >= 4 is 11.9 Å². The van der Waals surface area contributed by atoms with E-state index in [-0.39, 0.29) is 6.03 Å². The normalized spacial score (nSPS) is 10.1. The third kappa shape index (κ3) is 2.59. The number of imidazole rings is 1. The van der Waals surface area contributed by atoms with Crippen LogP contribution in [0.5, 0.6) is 0 Å². The van der Waals surface area contributed by atoms with Crippen molar-refractivity contribution in [1.29, 1.82) is 0 Å². The summed E-state index contributed by atoms with van der Waals surface area (Å²) in [7, 11) is 0. The predicted octanol–water partition coefficient (Wildman–Crippen LogP) is 1.03. The van der Waals surface area contributed by atoms with Crippen LogP contribution in [0.2, 0.25) is 0 Å². The molecule has 0 saturated carbocycles. The van der Waals surface area contributed by atoms with Crippen LogP contribution in [-0.2, 0) is 6.54 Å². The van der Waals surface area contributed by atoms with E-state index in [1.807, 2.05) is 0 Å². The lowest BCUT2D eigenvalue weighted by Gasteiger charge is -2.02. The van der Waals surface area contributed by atoms with Gasteiger partial charge in [-0.1, -0.05) is 5.16 Å². The summed E-state index contributed by atoms with van der Waals surface area (Å²) in [4.78, 5) is 18.2. The molecule has 3 N–H and O–H groups in total. The van der Waals surface area contributed by atoms with Crippen molar-refractivity contribution in [1.82, 2.24) is 20.4 Å². The zero-order valence-electron chi connectivity index (χ0n) is 8.65. The van der Waals surface area contributed by atoms with E-state index in [9.17, 15) is 4.79 Å². The molecule has 0 spiro atoms. The fraction of sp³-hybridized carbons (Fsp3) is 0.222. The van der Waals surface area contributed by atoms with Crippen molar-refractivity contribution < 1.29 is 9.32 Å². The number of amides is 2. The lowest BCUT2D eigenvalue weighted by molar-refractivity contribution is 0.250. The summed E-state index contributed by atoms with van der Waals surface area (Å²) in [6.07, 6.45) is 3.31. The molecule has 0 aromatic carbocycles. The molecular formula is C9H11N5O2. The second-order valence-corrected chi connectivity index (χ2v) is 3.18. The van der Waals surface area contributed by atoms with Gasteiger partial charge in [0.1, 0.15) is 5.82 Å². The SMILES string of the molecule is Cc1cc(NC(=O)NCc2ncc[nH]2)on1. The number of rotatable bonds is 3. The fourth-order valence-corrected chi connectivity index (χ4v) is 1.14. The number of aromatic amines is 1. The van der Waals surface area contributed by atoms with Crippen molar-refractivity contribution in [2.75, 3.05) is 5.32 Å². The lowest BCUT2D eigenvalue weighted by atomic mass is 10.5. The van der Waals surface area contributed by atoms with Crippen LogP contribution in [0.25, 0.3) is 0 Å². The second kappa shape index (κ2) is 4.47. The molecule has 0 atom stereocenters. The van der Waals surface area contributed by atoms with Crippen molar-refractivity contribution in [3.05, 3.63) is 30.0 Å². The van der Waals surface area contributed by atoms with Gasteiger partial charge in [0.2, 0.25) is 5.88 Å². The maximum absolute atomic E-state index is 11.4. The Balaban J connectivity index is 1.81. The Labute approximate surface area is 91.2 Å². The van der Waals surface area contributed by atoms with E-state index >= 15 is 0 Å². The molecule has 2 aromatic heterocycles. The molecule has 16 heavy (non-hydrogen) atoms. The topological polar surface area (TPSA) is 95.8 Å². The minimum Gasteiger partial charge on any atom is -0.347 e. The van der Waals surface area contributed by atoms with Gasteiger partial charge in [-0.25, -0.2) is 9.78 Å². The zero-order chi connectivity index (χ0) is 11.4. The van der Waals surface area contributed by atoms with Crippen molar-refractivity contribution in [2.24, 2.45) is 0 Å². The van der Waals surface area contributed by atoms with Gasteiger partial charge in [0.05, 0.1) is 12.2 Å². The smallest absolute Gasteiger partial charge is 0.322 e. The summed E-state index contributed by atoms with van der Waals surface area (Å²) in [6, 6.07) is 1.26. The van der Waals surface area contributed by atoms with Crippen LogP contribution in [0.3, 0.4) is 0 Å². The molecule has 84 valence electrons. The van der Waals surface area contributed by atoms with E-state index in [1.165, 1.54) is 0 Å². The highest BCUT2D eigenvalue weighted by atomic mass is 16.5. The summed E-state index contributed by atoms with van der Waals surface area (Å²) in [5.41, 5.74) is 0.710. The summed E-state index contributed by atoms with van der Waals surface area (Å²) < 4.78 is 4.83. The molecule has 0 aliphatic carbocycles. The second-order valence-electron chi connectivity index (χ2n) is 3.18. The highest BCUT2D eigenvalue weighted by molar-refractivity contribution is 5.87. The average Bonchev–Trinajstić information content (AvgIpc) is 2.87. The quantitative estimate of drug-likeness (QED) is 0.721. The van der Waals surface area contributed by atoms with Gasteiger partial charge in [-0.3, -0.25) is 5.32 Å². The third-order valence-corrected chi connectivity index (χ3v) is 1.84. The number of hydrogen-bond acceptors (Lipinski definition) is 4. The Hall–Kier alpha value is -2.31. The van der Waals surface area contributed by atoms with E-state index in [1.54, 1.807) is 25.4 Å². The number of carbonyl (C=O) groups is 1. The van der Waals surface area contributed by atoms with E-state index in [4.69, 9.17) is 4.52 Å². The molecule has 0 unspecified atom stereocenters. The van der Waals surface area contributed by atoms with Crippen molar-refractivity contribution in [3.63, 3.8) is 0 Å². The minimum atomic E-state index is -0.368. The van der Waals surface area contributed by atoms with Gasteiger partial charge >= 0.3 is 6.03 Å². The Morgan fingerprint density at radius 1 is 1.62 bits per heavy atom. The molecule has 2 amide bonds. The highest BCUT2D eigenvalue weighted by Crippen LogP contribution is 2.07. The van der Waals surface area contributed by atoms with Gasteiger partial charge in [-0.05, 0) is 6.92 Å². The first-order valence-corrected chi connectivity index (χ1v) is 4.70. The van der Waals surface area contributed by atoms with Gasteiger partial charge in [0, 0.05) is 18.5 Å². The lowest BCUT2D eigenvalue weighted by Crippen LogP contribution is -2.28. The average molecular weight is 221 g/mol. The number of carbonyl (C=O) groups excluding carboxylic acids is 1. The van der Waals surface area contributed by atoms with Crippen LogP contribution < -0.4 is 10.6 Å². The van der Waals surface area contributed by atoms with Crippen LogP contribution in [-0.4, -0.2) is 21.2 Å². The molecule has 2 aromatic rings. The number of aryl methyl sites for hydroxylation is 1. The Bertz CT molecular complexity index is 462. The van der Waals surface area contributed by atoms with Crippen LogP contribution in [0.15, 0.2) is 23.0 Å². The molecule has 7 nitrogen and oxygen atoms in total. The number of aromatic nitrogens is 3. The van der Waals surface area contributed by atoms with Gasteiger partial charge in [0.15, 0.2) is 0 Å². The highest BCUT2D eigenvalue weighted by Gasteiger charge is 2.05. The number of urea groups is 1. The predicted molar refractivity (Wildman–Crippen MR) is 55.7 cm³/mol. The molecule has 2 rings (SSSR count). The summed E-state index contributed by atoms with van der Waals surface area (Å²) in [5.74, 6) is 0.998. The standard InChI is InChI=1S/C9H11N5O2/c1-6-4-8(16-14-6)13-9(15)12-5-7-10-2-3-11-7/h2-4H,5H2,1H3,(H,10,11)(H2,12,13,15). The van der Waals surface area contributed by atoms with Gasteiger partial charge in [-0.15, -0.1) is 0 Å². The number of hydrogen-bond donors (Lipinski definition) is 3. The van der Waals surface area contributed by atoms with E-state index in [0.717, 1.165) is 0 Å². The van der Waals surface area contributed by atoms with Gasteiger partial charge in [0.25, 0.3) is 0 Å². The first-order valence-electron chi connectivity index (χ1n) is 4.70. The molecule has 0 bridgehead atoms. The maximum Gasteiger partial charge on any atom is 0.322 e. The fourth-order valence-electron chi connectivity index (χ4n) is 1.14. The number of anilines is 1. The monoisotopic (exact) mass is 221 g/mol. The van der Waals surface area contributed by atoms with Crippen LogP contribution in [0.4, 0.5) is 10.7 Å². The largest absolute Gasteiger partial charge is 0.347 e. The number of nitrogens with zero attached hydrogens (tertiary/aromatic N) is 2. The molecule has 0 radical (unpaired) electrons. The molecule has 2 heterocycles. The van der Waals surface area contributed by atoms with Crippen molar-refractivity contribution in [3.8, 4) is 0 Å². The van der Waals surface area contributed by atoms with E-state index in [2.05, 4.69) is 25.8 Å². The maximum atomic E-state index is 11.4. The molecule has 0 saturated heterocycles. The van der Waals surface area contributed by atoms with Crippen molar-refractivity contribution in [2.45, 2.75) is 13.5 Å². The first-order chi connectivity index (χ1) is 7.74. The summed E-state index contributed by atoms with van der Waals surface area (Å²) in [6.45, 7) is 2.10. The summed E-state index contributed by atoms with van der Waals surface area (Å²) in [5, 5.41) is 8.76. The van der Waals surface area contributed by atoms with Gasteiger partial charge < -0.3 is 14.8 Å².